The molecule has 1 saturated heterocycles. The topological polar surface area (TPSA) is 73.3 Å². The van der Waals surface area contributed by atoms with E-state index in [1.165, 1.54) is 4.90 Å². The summed E-state index contributed by atoms with van der Waals surface area (Å²) in [6.07, 6.45) is -0.603. The quantitative estimate of drug-likeness (QED) is 0.455. The van der Waals surface area contributed by atoms with Crippen molar-refractivity contribution in [3.8, 4) is 5.75 Å². The van der Waals surface area contributed by atoms with Gasteiger partial charge >= 0.3 is 0 Å². The third-order valence-electron chi connectivity index (χ3n) is 7.28. The number of amides is 2. The number of halogens is 1. The highest BCUT2D eigenvalue weighted by Crippen LogP contribution is 2.30. The van der Waals surface area contributed by atoms with Gasteiger partial charge in [0.05, 0.1) is 0 Å². The lowest BCUT2D eigenvalue weighted by Gasteiger charge is -2.36. The van der Waals surface area contributed by atoms with E-state index in [4.69, 9.17) is 16.3 Å². The Morgan fingerprint density at radius 3 is 2.05 bits per heavy atom. The molecule has 37 heavy (non-hydrogen) atoms. The van der Waals surface area contributed by atoms with Gasteiger partial charge in [-0.05, 0) is 54.6 Å². The highest BCUT2D eigenvalue weighted by atomic mass is 35.5. The molecule has 0 aliphatic carbocycles. The summed E-state index contributed by atoms with van der Waals surface area (Å²) in [5.74, 6) is 0.271. The summed E-state index contributed by atoms with van der Waals surface area (Å²) in [7, 11) is 0. The summed E-state index contributed by atoms with van der Waals surface area (Å²) in [5, 5.41) is 12.9. The molecule has 2 heterocycles. The lowest BCUT2D eigenvalue weighted by atomic mass is 9.94. The van der Waals surface area contributed by atoms with E-state index < -0.39 is 6.10 Å². The molecule has 194 valence electrons. The van der Waals surface area contributed by atoms with E-state index in [1.807, 2.05) is 50.2 Å². The van der Waals surface area contributed by atoms with Crippen LogP contribution in [0.3, 0.4) is 0 Å². The molecule has 1 N–H and O–H groups in total. The number of aliphatic hydroxyl groups is 1. The molecule has 5 rings (SSSR count). The van der Waals surface area contributed by atoms with Gasteiger partial charge in [0.2, 0.25) is 0 Å². The summed E-state index contributed by atoms with van der Waals surface area (Å²) in [6, 6.07) is 15.0. The summed E-state index contributed by atoms with van der Waals surface area (Å²) >= 11 is 6.22. The molecule has 8 heteroatoms. The molecule has 0 aromatic heterocycles. The number of carbonyl (C=O) groups excluding carboxylic acids is 2. The summed E-state index contributed by atoms with van der Waals surface area (Å²) in [6.45, 7) is 8.85. The zero-order chi connectivity index (χ0) is 26.1. The van der Waals surface area contributed by atoms with Gasteiger partial charge in [0.1, 0.15) is 18.5 Å². The number of hydrogen-bond acceptors (Lipinski definition) is 6. The fraction of sp³-hybridized carbons (Fsp3) is 0.379. The van der Waals surface area contributed by atoms with E-state index >= 15 is 0 Å². The number of hydrogen-bond donors (Lipinski definition) is 1. The van der Waals surface area contributed by atoms with Gasteiger partial charge in [0, 0.05) is 67.3 Å². The fourth-order valence-electron chi connectivity index (χ4n) is 5.25. The second-order valence-corrected chi connectivity index (χ2v) is 10.3. The molecule has 0 bridgehead atoms. The minimum absolute atomic E-state index is 0.216. The van der Waals surface area contributed by atoms with Gasteiger partial charge in [-0.1, -0.05) is 35.9 Å². The smallest absolute Gasteiger partial charge is 0.261 e. The molecular formula is C29H32ClN3O4. The van der Waals surface area contributed by atoms with E-state index in [-0.39, 0.29) is 18.4 Å². The number of β-amino-alcohol motifs (C(OH)–C–C–N with tert-alkyl or cyclic N) is 1. The molecule has 7 nitrogen and oxygen atoms in total. The van der Waals surface area contributed by atoms with Crippen molar-refractivity contribution in [1.82, 2.24) is 14.7 Å². The number of rotatable bonds is 8. The molecule has 3 aromatic rings. The first-order chi connectivity index (χ1) is 17.8. The van der Waals surface area contributed by atoms with Crippen LogP contribution in [-0.2, 0) is 0 Å². The standard InChI is InChI=1S/C29H32ClN3O4/c1-19-15-23(16-20(2)27(19)30)37-18-22(34)17-32-11-9-31(10-12-32)13-14-33-28(35)24-7-3-5-21-6-4-8-25(26(21)24)29(33)36/h3-8,15-16,22,34H,9-14,17-18H2,1-2H3/t22-/m0/s1. The van der Waals surface area contributed by atoms with Crippen molar-refractivity contribution < 1.29 is 19.4 Å². The third kappa shape index (κ3) is 5.36. The van der Waals surface area contributed by atoms with Gasteiger partial charge in [0.15, 0.2) is 0 Å². The summed E-state index contributed by atoms with van der Waals surface area (Å²) < 4.78 is 5.80. The van der Waals surface area contributed by atoms with Gasteiger partial charge < -0.3 is 9.84 Å². The maximum atomic E-state index is 13.1. The van der Waals surface area contributed by atoms with E-state index in [1.54, 1.807) is 12.1 Å². The number of imide groups is 1. The maximum absolute atomic E-state index is 13.1. The van der Waals surface area contributed by atoms with Crippen LogP contribution in [0.15, 0.2) is 48.5 Å². The number of ether oxygens (including phenoxy) is 1. The molecule has 0 radical (unpaired) electrons. The third-order valence-corrected chi connectivity index (χ3v) is 7.88. The monoisotopic (exact) mass is 521 g/mol. The molecule has 1 fully saturated rings. The van der Waals surface area contributed by atoms with Crippen molar-refractivity contribution in [2.24, 2.45) is 0 Å². The second kappa shape index (κ2) is 10.8. The lowest BCUT2D eigenvalue weighted by molar-refractivity contribution is 0.0416. The number of carbonyl (C=O) groups is 2. The van der Waals surface area contributed by atoms with E-state index in [0.717, 1.165) is 53.1 Å². The van der Waals surface area contributed by atoms with Crippen molar-refractivity contribution in [3.63, 3.8) is 0 Å². The van der Waals surface area contributed by atoms with E-state index in [0.29, 0.717) is 36.5 Å². The Hall–Kier alpha value is -2.97. The van der Waals surface area contributed by atoms with Crippen molar-refractivity contribution >= 4 is 34.2 Å². The van der Waals surface area contributed by atoms with Gasteiger partial charge in [-0.15, -0.1) is 0 Å². The zero-order valence-corrected chi connectivity index (χ0v) is 22.0. The highest BCUT2D eigenvalue weighted by molar-refractivity contribution is 6.32. The second-order valence-electron chi connectivity index (χ2n) is 9.95. The van der Waals surface area contributed by atoms with Crippen LogP contribution in [0.5, 0.6) is 5.75 Å². The van der Waals surface area contributed by atoms with Gasteiger partial charge in [-0.2, -0.15) is 0 Å². The molecule has 0 spiro atoms. The number of aliphatic hydroxyl groups excluding tert-OH is 1. The summed E-state index contributed by atoms with van der Waals surface area (Å²) in [5.41, 5.74) is 3.10. The minimum Gasteiger partial charge on any atom is -0.491 e. The van der Waals surface area contributed by atoms with Crippen LogP contribution in [-0.4, -0.2) is 90.1 Å². The van der Waals surface area contributed by atoms with Crippen LogP contribution in [0.2, 0.25) is 5.02 Å². The lowest BCUT2D eigenvalue weighted by Crippen LogP contribution is -2.51. The van der Waals surface area contributed by atoms with Crippen molar-refractivity contribution in [2.75, 3.05) is 52.4 Å². The van der Waals surface area contributed by atoms with Crippen LogP contribution in [0.1, 0.15) is 31.8 Å². The molecule has 2 amide bonds. The predicted molar refractivity (Wildman–Crippen MR) is 145 cm³/mol. The largest absolute Gasteiger partial charge is 0.491 e. The van der Waals surface area contributed by atoms with Crippen molar-refractivity contribution in [2.45, 2.75) is 20.0 Å². The molecule has 0 saturated carbocycles. The molecule has 2 aliphatic heterocycles. The molecule has 1 atom stereocenters. The Bertz CT molecular complexity index is 1260. The van der Waals surface area contributed by atoms with Crippen LogP contribution in [0, 0.1) is 13.8 Å². The number of benzene rings is 3. The Balaban J connectivity index is 1.09. The van der Waals surface area contributed by atoms with Crippen LogP contribution in [0.25, 0.3) is 10.8 Å². The van der Waals surface area contributed by atoms with Crippen LogP contribution < -0.4 is 4.74 Å². The average Bonchev–Trinajstić information content (AvgIpc) is 2.90. The number of nitrogens with zero attached hydrogens (tertiary/aromatic N) is 3. The van der Waals surface area contributed by atoms with Gasteiger partial charge in [-0.25, -0.2) is 0 Å². The SMILES string of the molecule is Cc1cc(OC[C@@H](O)CN2CCN(CCN3C(=O)c4cccc5cccc(c45)C3=O)CC2)cc(C)c1Cl. The Labute approximate surface area is 222 Å². The van der Waals surface area contributed by atoms with E-state index in [9.17, 15) is 14.7 Å². The minimum atomic E-state index is -0.603. The normalized spacial score (nSPS) is 17.5. The Morgan fingerprint density at radius 1 is 0.892 bits per heavy atom. The maximum Gasteiger partial charge on any atom is 0.261 e. The first kappa shape index (κ1) is 25.7. The highest BCUT2D eigenvalue weighted by Gasteiger charge is 2.33. The average molecular weight is 522 g/mol. The van der Waals surface area contributed by atoms with Crippen LogP contribution in [0.4, 0.5) is 0 Å². The molecule has 0 unspecified atom stereocenters. The summed E-state index contributed by atoms with van der Waals surface area (Å²) in [4.78, 5) is 32.1. The predicted octanol–water partition coefficient (Wildman–Crippen LogP) is 3.76. The number of piperazine rings is 1. The molecular weight excluding hydrogens is 490 g/mol. The van der Waals surface area contributed by atoms with E-state index in [2.05, 4.69) is 9.80 Å². The Kier molecular flexibility index (Phi) is 7.49. The fourth-order valence-corrected chi connectivity index (χ4v) is 5.36. The van der Waals surface area contributed by atoms with Crippen molar-refractivity contribution in [1.29, 1.82) is 0 Å². The molecule has 2 aliphatic rings. The van der Waals surface area contributed by atoms with Crippen LogP contribution >= 0.6 is 11.6 Å². The molecule has 3 aromatic carbocycles. The first-order valence-electron chi connectivity index (χ1n) is 12.7. The van der Waals surface area contributed by atoms with Gasteiger partial charge in [-0.3, -0.25) is 24.3 Å². The van der Waals surface area contributed by atoms with Crippen molar-refractivity contribution in [3.05, 3.63) is 75.8 Å². The first-order valence-corrected chi connectivity index (χ1v) is 13.1. The zero-order valence-electron chi connectivity index (χ0n) is 21.2. The number of aryl methyl sites for hydroxylation is 2. The Morgan fingerprint density at radius 2 is 1.46 bits per heavy atom. The van der Waals surface area contributed by atoms with Gasteiger partial charge in [0.25, 0.3) is 11.8 Å².